The Morgan fingerprint density at radius 1 is 1.16 bits per heavy atom. The van der Waals surface area contributed by atoms with Gasteiger partial charge in [0.1, 0.15) is 5.82 Å². The first kappa shape index (κ1) is 16.5. The maximum Gasteiger partial charge on any atom is 0.264 e. The van der Waals surface area contributed by atoms with Gasteiger partial charge in [-0.05, 0) is 56.8 Å². The van der Waals surface area contributed by atoms with Crippen LogP contribution >= 0.6 is 0 Å². The van der Waals surface area contributed by atoms with Crippen LogP contribution < -0.4 is 4.31 Å². The Bertz CT molecular complexity index is 929. The summed E-state index contributed by atoms with van der Waals surface area (Å²) in [6.45, 7) is 3.70. The third-order valence-electron chi connectivity index (χ3n) is 5.25. The fourth-order valence-corrected chi connectivity index (χ4v) is 5.86. The first-order chi connectivity index (χ1) is 11.9. The Hall–Kier alpha value is -1.92. The molecule has 2 aromatic rings. The van der Waals surface area contributed by atoms with E-state index in [2.05, 4.69) is 18.0 Å². The van der Waals surface area contributed by atoms with E-state index in [4.69, 9.17) is 0 Å². The van der Waals surface area contributed by atoms with E-state index < -0.39 is 15.8 Å². The molecule has 6 heteroatoms. The van der Waals surface area contributed by atoms with Gasteiger partial charge in [-0.3, -0.25) is 4.31 Å². The van der Waals surface area contributed by atoms with Gasteiger partial charge in [0.05, 0.1) is 16.6 Å². The van der Waals surface area contributed by atoms with Gasteiger partial charge in [-0.15, -0.1) is 0 Å². The van der Waals surface area contributed by atoms with Crippen molar-refractivity contribution in [3.05, 3.63) is 59.4 Å². The van der Waals surface area contributed by atoms with Crippen LogP contribution in [-0.2, 0) is 10.0 Å². The first-order valence-corrected chi connectivity index (χ1v) is 9.91. The zero-order valence-corrected chi connectivity index (χ0v) is 15.1. The molecule has 25 heavy (non-hydrogen) atoms. The van der Waals surface area contributed by atoms with Gasteiger partial charge in [-0.1, -0.05) is 23.8 Å². The maximum absolute atomic E-state index is 13.6. The molecule has 0 bridgehead atoms. The minimum absolute atomic E-state index is 0.0126. The minimum Gasteiger partial charge on any atom is -0.306 e. The highest BCUT2D eigenvalue weighted by Crippen LogP contribution is 2.47. The van der Waals surface area contributed by atoms with Gasteiger partial charge in [-0.2, -0.15) is 0 Å². The van der Waals surface area contributed by atoms with Crippen molar-refractivity contribution in [2.45, 2.75) is 30.2 Å². The number of anilines is 1. The summed E-state index contributed by atoms with van der Waals surface area (Å²) >= 11 is 0. The van der Waals surface area contributed by atoms with Gasteiger partial charge in [0.25, 0.3) is 10.0 Å². The number of fused-ring (bicyclic) bond motifs is 3. The Kier molecular flexibility index (Phi) is 3.85. The molecule has 1 fully saturated rings. The molecule has 2 aliphatic rings. The van der Waals surface area contributed by atoms with E-state index in [0.717, 1.165) is 42.4 Å². The molecule has 0 aliphatic carbocycles. The van der Waals surface area contributed by atoms with Crippen LogP contribution in [0.2, 0.25) is 0 Å². The third kappa shape index (κ3) is 2.64. The van der Waals surface area contributed by atoms with Crippen molar-refractivity contribution >= 4 is 15.7 Å². The second-order valence-corrected chi connectivity index (χ2v) is 8.86. The summed E-state index contributed by atoms with van der Waals surface area (Å²) < 4.78 is 41.8. The highest BCUT2D eigenvalue weighted by atomic mass is 32.2. The molecular formula is C19H21FN2O2S. The van der Waals surface area contributed by atoms with E-state index in [1.165, 1.54) is 22.5 Å². The Morgan fingerprint density at radius 3 is 2.72 bits per heavy atom. The Labute approximate surface area is 147 Å². The Morgan fingerprint density at radius 2 is 1.96 bits per heavy atom. The van der Waals surface area contributed by atoms with Crippen LogP contribution in [0.15, 0.2) is 47.4 Å². The quantitative estimate of drug-likeness (QED) is 0.826. The van der Waals surface area contributed by atoms with Crippen LogP contribution in [0.3, 0.4) is 0 Å². The molecule has 4 rings (SSSR count). The summed E-state index contributed by atoms with van der Waals surface area (Å²) in [7, 11) is -1.74. The number of sulfonamides is 1. The average Bonchev–Trinajstić information content (AvgIpc) is 2.88. The van der Waals surface area contributed by atoms with Gasteiger partial charge in [0.15, 0.2) is 0 Å². The average molecular weight is 360 g/mol. The number of rotatable bonds is 2. The second kappa shape index (κ2) is 5.81. The molecule has 2 aliphatic heterocycles. The number of nitrogens with zero attached hydrogens (tertiary/aromatic N) is 2. The summed E-state index contributed by atoms with van der Waals surface area (Å²) in [4.78, 5) is 2.25. The van der Waals surface area contributed by atoms with E-state index in [1.54, 1.807) is 0 Å². The van der Waals surface area contributed by atoms with Crippen LogP contribution in [0.1, 0.15) is 23.5 Å². The maximum atomic E-state index is 13.6. The van der Waals surface area contributed by atoms with Crippen molar-refractivity contribution in [3.63, 3.8) is 0 Å². The first-order valence-electron chi connectivity index (χ1n) is 8.47. The molecule has 2 atom stereocenters. The van der Waals surface area contributed by atoms with Crippen molar-refractivity contribution in [1.29, 1.82) is 0 Å². The molecule has 132 valence electrons. The lowest BCUT2D eigenvalue weighted by molar-refractivity contribution is 0.237. The molecule has 0 saturated carbocycles. The molecule has 2 aromatic carbocycles. The normalized spacial score (nSPS) is 23.4. The van der Waals surface area contributed by atoms with E-state index in [1.807, 2.05) is 19.1 Å². The van der Waals surface area contributed by atoms with Crippen molar-refractivity contribution in [2.24, 2.45) is 0 Å². The van der Waals surface area contributed by atoms with E-state index in [9.17, 15) is 12.8 Å². The predicted molar refractivity (Wildman–Crippen MR) is 95.9 cm³/mol. The van der Waals surface area contributed by atoms with Crippen molar-refractivity contribution in [2.75, 3.05) is 24.4 Å². The topological polar surface area (TPSA) is 40.6 Å². The lowest BCUT2D eigenvalue weighted by Gasteiger charge is -2.36. The lowest BCUT2D eigenvalue weighted by atomic mass is 9.89. The zero-order chi connectivity index (χ0) is 17.8. The Balaban J connectivity index is 1.87. The number of hydrogen-bond acceptors (Lipinski definition) is 3. The smallest absolute Gasteiger partial charge is 0.264 e. The summed E-state index contributed by atoms with van der Waals surface area (Å²) in [5.41, 5.74) is 2.94. The molecule has 0 spiro atoms. The molecule has 0 unspecified atom stereocenters. The van der Waals surface area contributed by atoms with Gasteiger partial charge in [0.2, 0.25) is 0 Å². The summed E-state index contributed by atoms with van der Waals surface area (Å²) in [5.74, 6) is -0.388. The fourth-order valence-electron chi connectivity index (χ4n) is 4.09. The SMILES string of the molecule is Cc1ccc2c(c1)[C@@H]1CN(C)CC[C@@H]1N2S(=O)(=O)c1cccc(F)c1. The van der Waals surface area contributed by atoms with E-state index in [0.29, 0.717) is 0 Å². The van der Waals surface area contributed by atoms with E-state index >= 15 is 0 Å². The minimum atomic E-state index is -3.80. The number of hydrogen-bond donors (Lipinski definition) is 0. The molecular weight excluding hydrogens is 339 g/mol. The molecule has 0 amide bonds. The number of aryl methyl sites for hydroxylation is 1. The van der Waals surface area contributed by atoms with Gasteiger partial charge in [0, 0.05) is 12.5 Å². The molecule has 0 aromatic heterocycles. The van der Waals surface area contributed by atoms with Crippen LogP contribution in [-0.4, -0.2) is 39.5 Å². The van der Waals surface area contributed by atoms with Crippen molar-refractivity contribution < 1.29 is 12.8 Å². The van der Waals surface area contributed by atoms with Crippen LogP contribution in [0.5, 0.6) is 0 Å². The predicted octanol–water partition coefficient (Wildman–Crippen LogP) is 3.13. The largest absolute Gasteiger partial charge is 0.306 e. The van der Waals surface area contributed by atoms with Crippen LogP contribution in [0.4, 0.5) is 10.1 Å². The highest BCUT2D eigenvalue weighted by Gasteiger charge is 2.46. The van der Waals surface area contributed by atoms with Gasteiger partial charge >= 0.3 is 0 Å². The highest BCUT2D eigenvalue weighted by molar-refractivity contribution is 7.92. The monoisotopic (exact) mass is 360 g/mol. The van der Waals surface area contributed by atoms with Crippen LogP contribution in [0.25, 0.3) is 0 Å². The number of benzene rings is 2. The van der Waals surface area contributed by atoms with E-state index in [-0.39, 0.29) is 16.9 Å². The summed E-state index contributed by atoms with van der Waals surface area (Å²) in [6, 6.07) is 11.1. The standard InChI is InChI=1S/C19H21FN2O2S/c1-13-6-7-18-16(10-13)17-12-21(2)9-8-19(17)22(18)25(23,24)15-5-3-4-14(20)11-15/h3-7,10-11,17,19H,8-9,12H2,1-2H3/t17-,19-/m0/s1. The molecule has 0 N–H and O–H groups in total. The summed E-state index contributed by atoms with van der Waals surface area (Å²) in [6.07, 6.45) is 0.767. The molecule has 1 saturated heterocycles. The fraction of sp³-hybridized carbons (Fsp3) is 0.368. The third-order valence-corrected chi connectivity index (χ3v) is 7.09. The number of likely N-dealkylation sites (tertiary alicyclic amines) is 1. The van der Waals surface area contributed by atoms with Crippen LogP contribution in [0, 0.1) is 12.7 Å². The molecule has 4 nitrogen and oxygen atoms in total. The molecule has 0 radical (unpaired) electrons. The van der Waals surface area contributed by atoms with Crippen molar-refractivity contribution in [1.82, 2.24) is 4.90 Å². The molecule has 2 heterocycles. The summed E-state index contributed by atoms with van der Waals surface area (Å²) in [5, 5.41) is 0. The van der Waals surface area contributed by atoms with Crippen molar-refractivity contribution in [3.8, 4) is 0 Å². The second-order valence-electron chi connectivity index (χ2n) is 7.05. The lowest BCUT2D eigenvalue weighted by Crippen LogP contribution is -2.47. The van der Waals surface area contributed by atoms with Gasteiger partial charge in [-0.25, -0.2) is 12.8 Å². The van der Waals surface area contributed by atoms with Gasteiger partial charge < -0.3 is 4.90 Å². The number of likely N-dealkylation sites (N-methyl/N-ethyl adjacent to an activating group) is 1. The number of halogens is 1. The number of piperidine rings is 1. The zero-order valence-electron chi connectivity index (χ0n) is 14.3.